The lowest BCUT2D eigenvalue weighted by Crippen LogP contribution is -2.11. The van der Waals surface area contributed by atoms with Crippen molar-refractivity contribution in [2.45, 2.75) is 26.4 Å². The molecule has 0 amide bonds. The maximum atomic E-state index is 6.01. The maximum absolute atomic E-state index is 6.01. The highest BCUT2D eigenvalue weighted by atomic mass is 16.5. The predicted molar refractivity (Wildman–Crippen MR) is 92.4 cm³/mol. The van der Waals surface area contributed by atoms with E-state index >= 15 is 0 Å². The number of hydrogen-bond donors (Lipinski definition) is 0. The van der Waals surface area contributed by atoms with Gasteiger partial charge in [-0.1, -0.05) is 49.7 Å². The van der Waals surface area contributed by atoms with Gasteiger partial charge in [-0.2, -0.15) is 0 Å². The van der Waals surface area contributed by atoms with Crippen LogP contribution in [-0.2, 0) is 11.3 Å². The molecule has 0 fully saturated rings. The van der Waals surface area contributed by atoms with Crippen molar-refractivity contribution in [3.8, 4) is 0 Å². The molecule has 0 spiro atoms. The van der Waals surface area contributed by atoms with Gasteiger partial charge in [0.25, 0.3) is 0 Å². The number of fused-ring (bicyclic) bond motifs is 1. The molecule has 0 bridgehead atoms. The molecule has 0 radical (unpaired) electrons. The number of ether oxygens (including phenoxy) is 1. The van der Waals surface area contributed by atoms with Gasteiger partial charge in [-0.25, -0.2) is 4.99 Å². The zero-order valence-electron chi connectivity index (χ0n) is 13.4. The fourth-order valence-electron chi connectivity index (χ4n) is 2.36. The molecular formula is C20H21NO2. The Morgan fingerprint density at radius 3 is 2.61 bits per heavy atom. The SMILES string of the molecule is CCCCOCc1cc2ccccc2o/c1=N\c1ccccc1. The molecule has 23 heavy (non-hydrogen) atoms. The van der Waals surface area contributed by atoms with Gasteiger partial charge in [0.15, 0.2) is 0 Å². The van der Waals surface area contributed by atoms with E-state index in [1.54, 1.807) is 0 Å². The van der Waals surface area contributed by atoms with Gasteiger partial charge >= 0.3 is 0 Å². The molecule has 2 aromatic carbocycles. The van der Waals surface area contributed by atoms with Crippen LogP contribution < -0.4 is 5.55 Å². The smallest absolute Gasteiger partial charge is 0.225 e. The van der Waals surface area contributed by atoms with E-state index in [1.165, 1.54) is 0 Å². The minimum atomic E-state index is 0.514. The zero-order valence-corrected chi connectivity index (χ0v) is 13.4. The molecule has 3 aromatic rings. The lowest BCUT2D eigenvalue weighted by molar-refractivity contribution is 0.116. The highest BCUT2D eigenvalue weighted by molar-refractivity contribution is 5.76. The second-order valence-electron chi connectivity index (χ2n) is 5.47. The maximum Gasteiger partial charge on any atom is 0.225 e. The number of hydrogen-bond acceptors (Lipinski definition) is 3. The van der Waals surface area contributed by atoms with Crippen molar-refractivity contribution >= 4 is 16.7 Å². The molecule has 1 heterocycles. The quantitative estimate of drug-likeness (QED) is 0.602. The third-order valence-corrected chi connectivity index (χ3v) is 3.62. The van der Waals surface area contributed by atoms with Gasteiger partial charge in [0, 0.05) is 17.6 Å². The van der Waals surface area contributed by atoms with Crippen molar-refractivity contribution in [2.75, 3.05) is 6.61 Å². The first kappa shape index (κ1) is 15.5. The van der Waals surface area contributed by atoms with Crippen LogP contribution in [0.25, 0.3) is 11.0 Å². The summed E-state index contributed by atoms with van der Waals surface area (Å²) in [5.74, 6) is 0. The summed E-state index contributed by atoms with van der Waals surface area (Å²) in [6.45, 7) is 3.43. The summed E-state index contributed by atoms with van der Waals surface area (Å²) < 4.78 is 11.8. The minimum Gasteiger partial charge on any atom is -0.438 e. The molecule has 0 aliphatic heterocycles. The fraction of sp³-hybridized carbons (Fsp3) is 0.250. The Balaban J connectivity index is 2.00. The van der Waals surface area contributed by atoms with Crippen LogP contribution in [0.5, 0.6) is 0 Å². The Labute approximate surface area is 136 Å². The highest BCUT2D eigenvalue weighted by Gasteiger charge is 2.04. The largest absolute Gasteiger partial charge is 0.438 e. The second kappa shape index (κ2) is 7.75. The molecule has 0 atom stereocenters. The van der Waals surface area contributed by atoms with Crippen LogP contribution in [0.3, 0.4) is 0 Å². The van der Waals surface area contributed by atoms with Crippen LogP contribution in [0.4, 0.5) is 5.69 Å². The topological polar surface area (TPSA) is 34.7 Å². The first-order valence-electron chi connectivity index (χ1n) is 8.06. The molecule has 3 heteroatoms. The van der Waals surface area contributed by atoms with Gasteiger partial charge < -0.3 is 9.15 Å². The van der Waals surface area contributed by atoms with E-state index in [0.29, 0.717) is 12.2 Å². The molecule has 0 aliphatic carbocycles. The van der Waals surface area contributed by atoms with Gasteiger partial charge in [-0.15, -0.1) is 0 Å². The Morgan fingerprint density at radius 1 is 1.00 bits per heavy atom. The highest BCUT2D eigenvalue weighted by Crippen LogP contribution is 2.15. The van der Waals surface area contributed by atoms with E-state index in [1.807, 2.05) is 54.6 Å². The van der Waals surface area contributed by atoms with Crippen LogP contribution in [0.1, 0.15) is 25.3 Å². The molecule has 0 N–H and O–H groups in total. The number of benzene rings is 2. The van der Waals surface area contributed by atoms with Crippen LogP contribution in [0.15, 0.2) is 70.1 Å². The van der Waals surface area contributed by atoms with E-state index in [2.05, 4.69) is 18.0 Å². The first-order chi connectivity index (χ1) is 11.4. The third-order valence-electron chi connectivity index (χ3n) is 3.62. The number of rotatable bonds is 6. The summed E-state index contributed by atoms with van der Waals surface area (Å²) in [6.07, 6.45) is 2.19. The number of nitrogens with zero attached hydrogens (tertiary/aromatic N) is 1. The van der Waals surface area contributed by atoms with Crippen LogP contribution in [0.2, 0.25) is 0 Å². The summed E-state index contributed by atoms with van der Waals surface area (Å²) in [6, 6.07) is 19.9. The van der Waals surface area contributed by atoms with Gasteiger partial charge in [-0.05, 0) is 30.7 Å². The van der Waals surface area contributed by atoms with Crippen molar-refractivity contribution in [3.05, 3.63) is 71.8 Å². The van der Waals surface area contributed by atoms with Crippen molar-refractivity contribution in [1.29, 1.82) is 0 Å². The molecule has 1 aromatic heterocycles. The molecule has 0 saturated heterocycles. The van der Waals surface area contributed by atoms with E-state index in [-0.39, 0.29) is 0 Å². The standard InChI is InChI=1S/C20H21NO2/c1-2-3-13-22-15-17-14-16-9-7-8-12-19(16)23-20(17)21-18-10-5-4-6-11-18/h4-12,14H,2-3,13,15H2,1H3/b21-20-. The second-order valence-corrected chi connectivity index (χ2v) is 5.47. The minimum absolute atomic E-state index is 0.514. The molecule has 118 valence electrons. The lowest BCUT2D eigenvalue weighted by Gasteiger charge is -2.06. The normalized spacial score (nSPS) is 12.0. The summed E-state index contributed by atoms with van der Waals surface area (Å²) in [5.41, 5.74) is 3.30. The Hall–Kier alpha value is -2.39. The molecule has 0 saturated carbocycles. The lowest BCUT2D eigenvalue weighted by atomic mass is 10.2. The molecule has 0 aliphatic rings. The monoisotopic (exact) mass is 307 g/mol. The average Bonchev–Trinajstić information content (AvgIpc) is 2.60. The Morgan fingerprint density at radius 2 is 1.78 bits per heavy atom. The van der Waals surface area contributed by atoms with Crippen molar-refractivity contribution < 1.29 is 9.15 Å². The molecular weight excluding hydrogens is 286 g/mol. The molecule has 3 nitrogen and oxygen atoms in total. The summed E-state index contributed by atoms with van der Waals surface area (Å²) in [7, 11) is 0. The van der Waals surface area contributed by atoms with Crippen molar-refractivity contribution in [3.63, 3.8) is 0 Å². The fourth-order valence-corrected chi connectivity index (χ4v) is 2.36. The van der Waals surface area contributed by atoms with Gasteiger partial charge in [0.2, 0.25) is 5.55 Å². The number of unbranched alkanes of at least 4 members (excludes halogenated alkanes) is 1. The van der Waals surface area contributed by atoms with Gasteiger partial charge in [-0.3, -0.25) is 0 Å². The molecule has 3 rings (SSSR count). The van der Waals surface area contributed by atoms with E-state index in [4.69, 9.17) is 9.15 Å². The summed E-state index contributed by atoms with van der Waals surface area (Å²) >= 11 is 0. The van der Waals surface area contributed by atoms with Crippen molar-refractivity contribution in [1.82, 2.24) is 0 Å². The Bertz CT molecular complexity index is 822. The number of para-hydroxylation sites is 2. The Kier molecular flexibility index (Phi) is 5.22. The average molecular weight is 307 g/mol. The van der Waals surface area contributed by atoms with Crippen LogP contribution in [-0.4, -0.2) is 6.61 Å². The van der Waals surface area contributed by atoms with Crippen LogP contribution in [0, 0.1) is 0 Å². The van der Waals surface area contributed by atoms with Gasteiger partial charge in [0.1, 0.15) is 5.58 Å². The molecule has 0 unspecified atom stereocenters. The summed E-state index contributed by atoms with van der Waals surface area (Å²) in [4.78, 5) is 4.64. The van der Waals surface area contributed by atoms with E-state index in [9.17, 15) is 0 Å². The van der Waals surface area contributed by atoms with Crippen molar-refractivity contribution in [2.24, 2.45) is 4.99 Å². The van der Waals surface area contributed by atoms with E-state index < -0.39 is 0 Å². The van der Waals surface area contributed by atoms with Gasteiger partial charge in [0.05, 0.1) is 12.3 Å². The summed E-state index contributed by atoms with van der Waals surface area (Å²) in [5, 5.41) is 1.06. The zero-order chi connectivity index (χ0) is 15.9. The third kappa shape index (κ3) is 4.08. The van der Waals surface area contributed by atoms with Crippen LogP contribution >= 0.6 is 0 Å². The van der Waals surface area contributed by atoms with E-state index in [0.717, 1.165) is 41.7 Å². The predicted octanol–water partition coefficient (Wildman–Crippen LogP) is 4.98. The first-order valence-corrected chi connectivity index (χ1v) is 8.06.